The Balaban J connectivity index is 1.61. The fourth-order valence-corrected chi connectivity index (χ4v) is 4.72. The number of likely N-dealkylation sites (tertiary alicyclic amines) is 1. The van der Waals surface area contributed by atoms with Crippen molar-refractivity contribution < 1.29 is 4.74 Å². The Morgan fingerprint density at radius 3 is 2.72 bits per heavy atom. The minimum Gasteiger partial charge on any atom is -0.493 e. The number of benzene rings is 1. The number of unbranched alkanes of at least 4 members (excludes halogenated alkanes) is 4. The van der Waals surface area contributed by atoms with Crippen LogP contribution in [0.25, 0.3) is 0 Å². The number of aryl methyl sites for hydroxylation is 1. The number of nitrogens with one attached hydrogen (secondary N) is 1. The number of allylic oxidation sites excluding steroid dienone is 1. The first-order valence-electron chi connectivity index (χ1n) is 12.1. The number of ether oxygens (including phenoxy) is 1. The molecule has 0 unspecified atom stereocenters. The van der Waals surface area contributed by atoms with Gasteiger partial charge in [0.25, 0.3) is 0 Å². The predicted molar refractivity (Wildman–Crippen MR) is 124 cm³/mol. The van der Waals surface area contributed by atoms with Crippen LogP contribution in [0.4, 0.5) is 0 Å². The van der Waals surface area contributed by atoms with Crippen LogP contribution in [-0.2, 0) is 6.42 Å². The molecule has 1 aromatic rings. The third-order valence-corrected chi connectivity index (χ3v) is 6.69. The lowest BCUT2D eigenvalue weighted by Crippen LogP contribution is -2.42. The molecule has 1 fully saturated rings. The van der Waals surface area contributed by atoms with Gasteiger partial charge >= 0.3 is 0 Å². The fraction of sp³-hybridized carbons (Fsp3) is 0.692. The molecule has 0 amide bonds. The molecule has 3 rings (SSSR count). The van der Waals surface area contributed by atoms with Crippen molar-refractivity contribution in [3.8, 4) is 5.75 Å². The SMILES string of the molecule is C=C(CCCCCCC)N[C@H](CN1CCCC1)[C@H](C)c1ccc2c(c1)OCCC2. The average Bonchev–Trinajstić information content (AvgIpc) is 3.25. The maximum Gasteiger partial charge on any atom is 0.122 e. The van der Waals surface area contributed by atoms with Gasteiger partial charge in [0.2, 0.25) is 0 Å². The van der Waals surface area contributed by atoms with Crippen LogP contribution < -0.4 is 10.1 Å². The molecule has 0 saturated carbocycles. The zero-order valence-corrected chi connectivity index (χ0v) is 18.8. The molecule has 2 heterocycles. The monoisotopic (exact) mass is 398 g/mol. The molecule has 162 valence electrons. The van der Waals surface area contributed by atoms with E-state index in [1.807, 2.05) is 0 Å². The Kier molecular flexibility index (Phi) is 8.92. The molecule has 2 atom stereocenters. The average molecular weight is 399 g/mol. The summed E-state index contributed by atoms with van der Waals surface area (Å²) in [6.45, 7) is 13.5. The summed E-state index contributed by atoms with van der Waals surface area (Å²) in [4.78, 5) is 2.62. The van der Waals surface area contributed by atoms with E-state index < -0.39 is 0 Å². The van der Waals surface area contributed by atoms with Gasteiger partial charge in [-0.1, -0.05) is 58.2 Å². The van der Waals surface area contributed by atoms with Crippen molar-refractivity contribution in [3.05, 3.63) is 41.6 Å². The van der Waals surface area contributed by atoms with Crippen molar-refractivity contribution in [2.24, 2.45) is 0 Å². The zero-order valence-electron chi connectivity index (χ0n) is 18.8. The Morgan fingerprint density at radius 1 is 1.14 bits per heavy atom. The fourth-order valence-electron chi connectivity index (χ4n) is 4.72. The van der Waals surface area contributed by atoms with E-state index in [2.05, 4.69) is 48.8 Å². The molecule has 29 heavy (non-hydrogen) atoms. The molecule has 3 nitrogen and oxygen atoms in total. The van der Waals surface area contributed by atoms with Crippen LogP contribution in [0.5, 0.6) is 5.75 Å². The molecule has 0 bridgehead atoms. The van der Waals surface area contributed by atoms with E-state index in [1.165, 1.54) is 74.9 Å². The summed E-state index contributed by atoms with van der Waals surface area (Å²) in [7, 11) is 0. The van der Waals surface area contributed by atoms with E-state index in [0.717, 1.165) is 38.2 Å². The summed E-state index contributed by atoms with van der Waals surface area (Å²) in [6, 6.07) is 7.31. The standard InChI is InChI=1S/C26H42N2O/c1-4-5-6-7-8-12-21(2)27-25(20-28-16-9-10-17-28)22(3)24-15-14-23-13-11-18-29-26(23)19-24/h14-15,19,22,25,27H,2,4-13,16-18,20H2,1,3H3/t22-,25-/m1/s1. The summed E-state index contributed by atoms with van der Waals surface area (Å²) in [5, 5.41) is 3.84. The van der Waals surface area contributed by atoms with Gasteiger partial charge in [0.15, 0.2) is 0 Å². The smallest absolute Gasteiger partial charge is 0.122 e. The molecule has 3 heteroatoms. The second-order valence-corrected chi connectivity index (χ2v) is 9.13. The van der Waals surface area contributed by atoms with Crippen LogP contribution in [0.1, 0.15) is 88.7 Å². The van der Waals surface area contributed by atoms with Gasteiger partial charge in [-0.15, -0.1) is 0 Å². The van der Waals surface area contributed by atoms with Crippen molar-refractivity contribution in [2.45, 2.75) is 90.0 Å². The Hall–Kier alpha value is -1.48. The lowest BCUT2D eigenvalue weighted by Gasteiger charge is -2.32. The van der Waals surface area contributed by atoms with Crippen molar-refractivity contribution in [3.63, 3.8) is 0 Å². The number of rotatable bonds is 12. The first-order chi connectivity index (χ1) is 14.2. The number of hydrogen-bond acceptors (Lipinski definition) is 3. The Bertz CT molecular complexity index is 636. The molecular formula is C26H42N2O. The Labute approximate surface area is 178 Å². The molecule has 0 radical (unpaired) electrons. The van der Waals surface area contributed by atoms with Gasteiger partial charge in [0.1, 0.15) is 5.75 Å². The Morgan fingerprint density at radius 2 is 1.93 bits per heavy atom. The first kappa shape index (κ1) is 22.2. The van der Waals surface area contributed by atoms with Crippen LogP contribution in [0.2, 0.25) is 0 Å². The van der Waals surface area contributed by atoms with Crippen molar-refractivity contribution in [1.82, 2.24) is 10.2 Å². The minimum atomic E-state index is 0.401. The lowest BCUT2D eigenvalue weighted by molar-refractivity contribution is 0.277. The van der Waals surface area contributed by atoms with Gasteiger partial charge in [0.05, 0.1) is 6.61 Å². The lowest BCUT2D eigenvalue weighted by atomic mass is 9.90. The maximum absolute atomic E-state index is 5.95. The molecule has 1 aromatic carbocycles. The van der Waals surface area contributed by atoms with Crippen LogP contribution in [0, 0.1) is 0 Å². The summed E-state index contributed by atoms with van der Waals surface area (Å²) in [5.74, 6) is 1.54. The molecule has 1 N–H and O–H groups in total. The molecule has 2 aliphatic heterocycles. The summed E-state index contributed by atoms with van der Waals surface area (Å²) in [6.07, 6.45) is 12.7. The highest BCUT2D eigenvalue weighted by atomic mass is 16.5. The van der Waals surface area contributed by atoms with E-state index in [-0.39, 0.29) is 0 Å². The summed E-state index contributed by atoms with van der Waals surface area (Å²) in [5.41, 5.74) is 3.97. The van der Waals surface area contributed by atoms with Crippen LogP contribution >= 0.6 is 0 Å². The molecule has 0 aromatic heterocycles. The molecule has 1 saturated heterocycles. The van der Waals surface area contributed by atoms with E-state index in [0.29, 0.717) is 12.0 Å². The third kappa shape index (κ3) is 6.77. The quantitative estimate of drug-likeness (QED) is 0.434. The molecular weight excluding hydrogens is 356 g/mol. The van der Waals surface area contributed by atoms with E-state index in [4.69, 9.17) is 4.74 Å². The van der Waals surface area contributed by atoms with E-state index in [1.54, 1.807) is 0 Å². The van der Waals surface area contributed by atoms with E-state index in [9.17, 15) is 0 Å². The second kappa shape index (κ2) is 11.6. The van der Waals surface area contributed by atoms with E-state index >= 15 is 0 Å². The van der Waals surface area contributed by atoms with Gasteiger partial charge < -0.3 is 15.0 Å². The van der Waals surface area contributed by atoms with Crippen molar-refractivity contribution >= 4 is 0 Å². The largest absolute Gasteiger partial charge is 0.493 e. The predicted octanol–water partition coefficient (Wildman–Crippen LogP) is 6.04. The maximum atomic E-state index is 5.95. The van der Waals surface area contributed by atoms with Crippen molar-refractivity contribution in [1.29, 1.82) is 0 Å². The zero-order chi connectivity index (χ0) is 20.5. The van der Waals surface area contributed by atoms with Gasteiger partial charge in [-0.3, -0.25) is 0 Å². The summed E-state index contributed by atoms with van der Waals surface area (Å²) >= 11 is 0. The number of nitrogens with zero attached hydrogens (tertiary/aromatic N) is 1. The topological polar surface area (TPSA) is 24.5 Å². The highest BCUT2D eigenvalue weighted by molar-refractivity contribution is 5.40. The third-order valence-electron chi connectivity index (χ3n) is 6.69. The van der Waals surface area contributed by atoms with Gasteiger partial charge in [0, 0.05) is 24.2 Å². The summed E-state index contributed by atoms with van der Waals surface area (Å²) < 4.78 is 5.95. The minimum absolute atomic E-state index is 0.401. The van der Waals surface area contributed by atoms with Crippen LogP contribution in [0.3, 0.4) is 0 Å². The number of fused-ring (bicyclic) bond motifs is 1. The normalized spacial score (nSPS) is 18.7. The second-order valence-electron chi connectivity index (χ2n) is 9.13. The van der Waals surface area contributed by atoms with Gasteiger partial charge in [-0.25, -0.2) is 0 Å². The highest BCUT2D eigenvalue weighted by Crippen LogP contribution is 2.31. The van der Waals surface area contributed by atoms with Gasteiger partial charge in [-0.05, 0) is 68.8 Å². The first-order valence-corrected chi connectivity index (χ1v) is 12.1. The molecule has 0 aliphatic carbocycles. The number of hydrogen-bond donors (Lipinski definition) is 1. The van der Waals surface area contributed by atoms with Crippen LogP contribution in [-0.4, -0.2) is 37.2 Å². The van der Waals surface area contributed by atoms with Crippen molar-refractivity contribution in [2.75, 3.05) is 26.2 Å². The molecule has 2 aliphatic rings. The van der Waals surface area contributed by atoms with Crippen LogP contribution in [0.15, 0.2) is 30.5 Å². The highest BCUT2D eigenvalue weighted by Gasteiger charge is 2.25. The molecule has 0 spiro atoms. The van der Waals surface area contributed by atoms with Gasteiger partial charge in [-0.2, -0.15) is 0 Å².